The zero-order valence-electron chi connectivity index (χ0n) is 10.9. The highest BCUT2D eigenvalue weighted by Gasteiger charge is 2.34. The van der Waals surface area contributed by atoms with E-state index in [2.05, 4.69) is 26.4 Å². The van der Waals surface area contributed by atoms with Crippen molar-refractivity contribution in [1.29, 1.82) is 0 Å². The van der Waals surface area contributed by atoms with Gasteiger partial charge in [-0.2, -0.15) is 13.2 Å². The molecule has 0 spiro atoms. The molecule has 5 nitrogen and oxygen atoms in total. The van der Waals surface area contributed by atoms with Crippen LogP contribution in [-0.4, -0.2) is 17.0 Å². The zero-order chi connectivity index (χ0) is 16.2. The normalized spacial score (nSPS) is 13.9. The van der Waals surface area contributed by atoms with E-state index >= 15 is 0 Å². The molecule has 0 radical (unpaired) electrons. The van der Waals surface area contributed by atoms with Crippen LogP contribution >= 0.6 is 15.9 Å². The number of nitrogens with one attached hydrogen (secondary N) is 1. The number of halogens is 4. The number of anilines is 1. The number of carbonyl (C=O) groups is 1. The molecule has 1 aromatic rings. The zero-order valence-corrected chi connectivity index (χ0v) is 12.5. The molecule has 0 aliphatic rings. The van der Waals surface area contributed by atoms with Gasteiger partial charge in [-0.05, 0) is 24.6 Å². The van der Waals surface area contributed by atoms with Gasteiger partial charge in [-0.25, -0.2) is 0 Å². The summed E-state index contributed by atoms with van der Waals surface area (Å²) in [6, 6.07) is 3.36. The van der Waals surface area contributed by atoms with Gasteiger partial charge in [0.05, 0.1) is 17.2 Å². The van der Waals surface area contributed by atoms with Crippen molar-refractivity contribution in [2.75, 3.05) is 5.32 Å². The van der Waals surface area contributed by atoms with E-state index < -0.39 is 23.6 Å². The molecule has 0 aromatic heterocycles. The average Bonchev–Trinajstić information content (AvgIpc) is 2.40. The fraction of sp³-hybridized carbons (Fsp3) is 0.333. The van der Waals surface area contributed by atoms with Crippen LogP contribution in [0.5, 0.6) is 0 Å². The predicted octanol–water partition coefficient (Wildman–Crippen LogP) is 3.18. The summed E-state index contributed by atoms with van der Waals surface area (Å²) in [6.45, 7) is 1.59. The molecule has 0 aliphatic heterocycles. The van der Waals surface area contributed by atoms with E-state index in [9.17, 15) is 18.0 Å². The molecule has 1 unspecified atom stereocenters. The summed E-state index contributed by atoms with van der Waals surface area (Å²) >= 11 is 2.95. The van der Waals surface area contributed by atoms with Crippen molar-refractivity contribution < 1.29 is 23.2 Å². The minimum Gasteiger partial charge on any atom is -0.409 e. The molecule has 0 heterocycles. The third kappa shape index (κ3) is 4.35. The minimum absolute atomic E-state index is 0.180. The van der Waals surface area contributed by atoms with Gasteiger partial charge in [0.2, 0.25) is 5.91 Å². The highest BCUT2D eigenvalue weighted by Crippen LogP contribution is 2.36. The summed E-state index contributed by atoms with van der Waals surface area (Å²) in [7, 11) is 0. The van der Waals surface area contributed by atoms with Gasteiger partial charge in [0.15, 0.2) is 5.84 Å². The van der Waals surface area contributed by atoms with Crippen LogP contribution in [0.2, 0.25) is 0 Å². The predicted molar refractivity (Wildman–Crippen MR) is 75.0 cm³/mol. The molecular weight excluding hydrogens is 355 g/mol. The van der Waals surface area contributed by atoms with Crippen LogP contribution in [0.15, 0.2) is 27.8 Å². The SMILES string of the molecule is CCC(C(=O)Nc1ccc(Br)cc1C(F)(F)F)C(N)=NO. The summed E-state index contributed by atoms with van der Waals surface area (Å²) in [5.41, 5.74) is 3.96. The Morgan fingerprint density at radius 1 is 1.52 bits per heavy atom. The maximum Gasteiger partial charge on any atom is 0.418 e. The topological polar surface area (TPSA) is 87.7 Å². The van der Waals surface area contributed by atoms with E-state index in [0.29, 0.717) is 0 Å². The van der Waals surface area contributed by atoms with Crippen LogP contribution < -0.4 is 11.1 Å². The number of hydrogen-bond donors (Lipinski definition) is 3. The molecule has 116 valence electrons. The van der Waals surface area contributed by atoms with E-state index in [-0.39, 0.29) is 22.4 Å². The lowest BCUT2D eigenvalue weighted by Gasteiger charge is -2.17. The van der Waals surface area contributed by atoms with Crippen LogP contribution in [0.4, 0.5) is 18.9 Å². The second-order valence-corrected chi connectivity index (χ2v) is 5.08. The number of rotatable bonds is 4. The van der Waals surface area contributed by atoms with Crippen molar-refractivity contribution in [3.8, 4) is 0 Å². The van der Waals surface area contributed by atoms with Crippen LogP contribution in [-0.2, 0) is 11.0 Å². The number of nitrogens with two attached hydrogens (primary N) is 1. The van der Waals surface area contributed by atoms with E-state index in [1.54, 1.807) is 6.92 Å². The molecule has 1 rings (SSSR count). The van der Waals surface area contributed by atoms with Gasteiger partial charge in [0.1, 0.15) is 0 Å². The molecule has 21 heavy (non-hydrogen) atoms. The van der Waals surface area contributed by atoms with E-state index in [4.69, 9.17) is 10.9 Å². The maximum absolute atomic E-state index is 12.9. The van der Waals surface area contributed by atoms with Gasteiger partial charge in [0.25, 0.3) is 0 Å². The number of oxime groups is 1. The van der Waals surface area contributed by atoms with Gasteiger partial charge < -0.3 is 16.3 Å². The fourth-order valence-corrected chi connectivity index (χ4v) is 2.04. The first kappa shape index (κ1) is 17.3. The maximum atomic E-state index is 12.9. The van der Waals surface area contributed by atoms with Gasteiger partial charge >= 0.3 is 6.18 Å². The van der Waals surface area contributed by atoms with Gasteiger partial charge in [-0.1, -0.05) is 28.0 Å². The Labute approximate surface area is 127 Å². The molecule has 0 saturated heterocycles. The van der Waals surface area contributed by atoms with Gasteiger partial charge in [0, 0.05) is 4.47 Å². The van der Waals surface area contributed by atoms with Crippen molar-refractivity contribution in [3.63, 3.8) is 0 Å². The lowest BCUT2D eigenvalue weighted by atomic mass is 10.0. The summed E-state index contributed by atoms with van der Waals surface area (Å²) in [5, 5.41) is 13.4. The first-order valence-electron chi connectivity index (χ1n) is 5.85. The smallest absolute Gasteiger partial charge is 0.409 e. The second kappa shape index (κ2) is 6.79. The standard InChI is InChI=1S/C12H13BrF3N3O2/c1-2-7(10(17)19-21)11(20)18-9-4-3-6(13)5-8(9)12(14,15)16/h3-5,7,21H,2H2,1H3,(H2,17,19)(H,18,20). The van der Waals surface area contributed by atoms with Crippen molar-refractivity contribution in [3.05, 3.63) is 28.2 Å². The van der Waals surface area contributed by atoms with Crippen LogP contribution in [0, 0.1) is 5.92 Å². The van der Waals surface area contributed by atoms with Crippen LogP contribution in [0.1, 0.15) is 18.9 Å². The molecule has 4 N–H and O–H groups in total. The third-order valence-electron chi connectivity index (χ3n) is 2.74. The first-order valence-corrected chi connectivity index (χ1v) is 6.65. The Balaban J connectivity index is 3.11. The summed E-state index contributed by atoms with van der Waals surface area (Å²) in [4.78, 5) is 11.9. The molecule has 1 aromatic carbocycles. The molecular formula is C12H13BrF3N3O2. The number of alkyl halides is 3. The lowest BCUT2D eigenvalue weighted by Crippen LogP contribution is -2.34. The summed E-state index contributed by atoms with van der Waals surface area (Å²) in [5.74, 6) is -2.15. The molecule has 1 atom stereocenters. The molecule has 0 aliphatic carbocycles. The molecule has 9 heteroatoms. The summed E-state index contributed by atoms with van der Waals surface area (Å²) < 4.78 is 39.0. The monoisotopic (exact) mass is 367 g/mol. The number of hydrogen-bond acceptors (Lipinski definition) is 3. The van der Waals surface area contributed by atoms with Crippen molar-refractivity contribution in [2.45, 2.75) is 19.5 Å². The molecule has 1 amide bonds. The number of nitrogens with zero attached hydrogens (tertiary/aromatic N) is 1. The largest absolute Gasteiger partial charge is 0.418 e. The first-order chi connectivity index (χ1) is 9.70. The Hall–Kier alpha value is -1.77. The number of amidine groups is 1. The molecule has 0 saturated carbocycles. The molecule has 0 bridgehead atoms. The second-order valence-electron chi connectivity index (χ2n) is 4.16. The number of amides is 1. The van der Waals surface area contributed by atoms with E-state index in [1.807, 2.05) is 0 Å². The lowest BCUT2D eigenvalue weighted by molar-refractivity contribution is -0.137. The highest BCUT2D eigenvalue weighted by molar-refractivity contribution is 9.10. The van der Waals surface area contributed by atoms with Crippen LogP contribution in [0.25, 0.3) is 0 Å². The third-order valence-corrected chi connectivity index (χ3v) is 3.24. The van der Waals surface area contributed by atoms with Crippen molar-refractivity contribution in [1.82, 2.24) is 0 Å². The van der Waals surface area contributed by atoms with Crippen molar-refractivity contribution >= 4 is 33.4 Å². The Morgan fingerprint density at radius 3 is 2.62 bits per heavy atom. The van der Waals surface area contributed by atoms with Crippen molar-refractivity contribution in [2.24, 2.45) is 16.8 Å². The van der Waals surface area contributed by atoms with Gasteiger partial charge in [-0.3, -0.25) is 4.79 Å². The molecule has 0 fully saturated rings. The van der Waals surface area contributed by atoms with E-state index in [1.165, 1.54) is 6.07 Å². The highest BCUT2D eigenvalue weighted by atomic mass is 79.9. The number of benzene rings is 1. The van der Waals surface area contributed by atoms with Crippen LogP contribution in [0.3, 0.4) is 0 Å². The van der Waals surface area contributed by atoms with Gasteiger partial charge in [-0.15, -0.1) is 0 Å². The average molecular weight is 368 g/mol. The Kier molecular flexibility index (Phi) is 5.59. The Bertz CT molecular complexity index is 561. The Morgan fingerprint density at radius 2 is 2.14 bits per heavy atom. The fourth-order valence-electron chi connectivity index (χ4n) is 1.68. The minimum atomic E-state index is -4.62. The quantitative estimate of drug-likeness (QED) is 0.330. The summed E-state index contributed by atoms with van der Waals surface area (Å²) in [6.07, 6.45) is -4.44. The number of carbonyl (C=O) groups excluding carboxylic acids is 1. The van der Waals surface area contributed by atoms with E-state index in [0.717, 1.165) is 12.1 Å².